The smallest absolute Gasteiger partial charge is 0.310 e. The molecule has 0 radical (unpaired) electrons. The first-order chi connectivity index (χ1) is 9.60. The summed E-state index contributed by atoms with van der Waals surface area (Å²) in [6.45, 7) is 3.66. The molecule has 0 amide bonds. The van der Waals surface area contributed by atoms with Gasteiger partial charge in [-0.15, -0.1) is 0 Å². The Balaban J connectivity index is 2.63. The third-order valence-corrected chi connectivity index (χ3v) is 3.69. The lowest BCUT2D eigenvalue weighted by Crippen LogP contribution is -2.12. The molecule has 0 spiro atoms. The van der Waals surface area contributed by atoms with Crippen LogP contribution in [0.3, 0.4) is 0 Å². The largest absolute Gasteiger partial charge is 0.466 e. The van der Waals surface area contributed by atoms with Crippen LogP contribution >= 0.6 is 15.9 Å². The highest BCUT2D eigenvalue weighted by Gasteiger charge is 2.20. The zero-order valence-corrected chi connectivity index (χ0v) is 13.1. The first kappa shape index (κ1) is 14.8. The lowest BCUT2D eigenvalue weighted by Gasteiger charge is -2.06. The summed E-state index contributed by atoms with van der Waals surface area (Å²) in [6.07, 6.45) is 0.176. The highest BCUT2D eigenvalue weighted by molar-refractivity contribution is 9.08. The molecule has 1 aromatic carbocycles. The van der Waals surface area contributed by atoms with Gasteiger partial charge in [0.2, 0.25) is 5.91 Å². The van der Waals surface area contributed by atoms with Gasteiger partial charge in [-0.3, -0.25) is 14.2 Å². The number of hydrogen-bond acceptors (Lipinski definition) is 3. The summed E-state index contributed by atoms with van der Waals surface area (Å²) in [7, 11) is 0. The standard InChI is InChI=1S/C15H16BrNO3/c1-3-20-15(19)8-12-11-6-4-5-7-13(11)17(10(2)18)14(12)9-16/h4-7H,3,8-9H2,1-2H3. The fourth-order valence-corrected chi connectivity index (χ4v) is 3.00. The Hall–Kier alpha value is -1.62. The van der Waals surface area contributed by atoms with Gasteiger partial charge >= 0.3 is 5.97 Å². The van der Waals surface area contributed by atoms with Crippen LogP contribution in [0.4, 0.5) is 0 Å². The first-order valence-electron chi connectivity index (χ1n) is 6.43. The molecule has 0 aliphatic carbocycles. The molecule has 2 rings (SSSR count). The first-order valence-corrected chi connectivity index (χ1v) is 7.56. The number of hydrogen-bond donors (Lipinski definition) is 0. The number of aromatic nitrogens is 1. The van der Waals surface area contributed by atoms with Crippen molar-refractivity contribution >= 4 is 38.7 Å². The summed E-state index contributed by atoms with van der Waals surface area (Å²) in [5.41, 5.74) is 2.49. The Bertz CT molecular complexity index is 660. The van der Waals surface area contributed by atoms with Crippen LogP contribution in [0.15, 0.2) is 24.3 Å². The van der Waals surface area contributed by atoms with Gasteiger partial charge in [-0.05, 0) is 18.6 Å². The number of fused-ring (bicyclic) bond motifs is 1. The topological polar surface area (TPSA) is 48.3 Å². The Kier molecular flexibility index (Phi) is 4.60. The molecule has 0 N–H and O–H groups in total. The Morgan fingerprint density at radius 1 is 1.30 bits per heavy atom. The van der Waals surface area contributed by atoms with Crippen molar-refractivity contribution in [3.8, 4) is 0 Å². The number of para-hydroxylation sites is 1. The second-order valence-electron chi connectivity index (χ2n) is 4.41. The fourth-order valence-electron chi connectivity index (χ4n) is 2.41. The van der Waals surface area contributed by atoms with Crippen molar-refractivity contribution in [2.75, 3.05) is 6.61 Å². The number of rotatable bonds is 4. The summed E-state index contributed by atoms with van der Waals surface area (Å²) in [6, 6.07) is 7.60. The molecule has 0 saturated carbocycles. The number of halogens is 1. The number of nitrogens with zero attached hydrogens (tertiary/aromatic N) is 1. The molecule has 0 saturated heterocycles. The zero-order chi connectivity index (χ0) is 14.7. The predicted octanol–water partition coefficient (Wildman–Crippen LogP) is 3.30. The minimum Gasteiger partial charge on any atom is -0.466 e. The number of ether oxygens (including phenoxy) is 1. The van der Waals surface area contributed by atoms with Crippen molar-refractivity contribution in [3.05, 3.63) is 35.5 Å². The molecule has 20 heavy (non-hydrogen) atoms. The highest BCUT2D eigenvalue weighted by Crippen LogP contribution is 2.28. The Morgan fingerprint density at radius 2 is 2.00 bits per heavy atom. The van der Waals surface area contributed by atoms with Gasteiger partial charge in [0.1, 0.15) is 0 Å². The van der Waals surface area contributed by atoms with Crippen LogP contribution < -0.4 is 0 Å². The van der Waals surface area contributed by atoms with Crippen molar-refractivity contribution in [3.63, 3.8) is 0 Å². The van der Waals surface area contributed by atoms with E-state index in [1.165, 1.54) is 6.92 Å². The van der Waals surface area contributed by atoms with E-state index in [1.54, 1.807) is 11.5 Å². The molecule has 0 aliphatic heterocycles. The SMILES string of the molecule is CCOC(=O)Cc1c(CBr)n(C(C)=O)c2ccccc12. The lowest BCUT2D eigenvalue weighted by atomic mass is 10.1. The maximum atomic E-state index is 11.9. The van der Waals surface area contributed by atoms with E-state index in [-0.39, 0.29) is 18.3 Å². The zero-order valence-electron chi connectivity index (χ0n) is 11.5. The molecule has 0 atom stereocenters. The van der Waals surface area contributed by atoms with Gasteiger partial charge < -0.3 is 4.74 Å². The molecule has 1 heterocycles. The second-order valence-corrected chi connectivity index (χ2v) is 4.97. The number of benzene rings is 1. The monoisotopic (exact) mass is 337 g/mol. The van der Waals surface area contributed by atoms with Crippen molar-refractivity contribution < 1.29 is 14.3 Å². The third kappa shape index (κ3) is 2.63. The fraction of sp³-hybridized carbons (Fsp3) is 0.333. The number of esters is 1. The minimum absolute atomic E-state index is 0.0641. The highest BCUT2D eigenvalue weighted by atomic mass is 79.9. The van der Waals surface area contributed by atoms with Gasteiger partial charge in [-0.25, -0.2) is 0 Å². The summed E-state index contributed by atoms with van der Waals surface area (Å²) in [4.78, 5) is 23.7. The molecule has 0 unspecified atom stereocenters. The van der Waals surface area contributed by atoms with Crippen molar-refractivity contribution in [1.29, 1.82) is 0 Å². The molecule has 4 nitrogen and oxygen atoms in total. The third-order valence-electron chi connectivity index (χ3n) is 3.16. The van der Waals surface area contributed by atoms with Crippen molar-refractivity contribution in [2.45, 2.75) is 25.6 Å². The summed E-state index contributed by atoms with van der Waals surface area (Å²) < 4.78 is 6.67. The summed E-state index contributed by atoms with van der Waals surface area (Å²) in [5, 5.41) is 1.43. The van der Waals surface area contributed by atoms with Crippen LogP contribution in [0, 0.1) is 0 Å². The van der Waals surface area contributed by atoms with E-state index in [1.807, 2.05) is 24.3 Å². The van der Waals surface area contributed by atoms with Crippen LogP contribution in [-0.4, -0.2) is 23.1 Å². The van der Waals surface area contributed by atoms with Gasteiger partial charge in [-0.1, -0.05) is 34.1 Å². The van der Waals surface area contributed by atoms with Crippen molar-refractivity contribution in [2.24, 2.45) is 0 Å². The number of carbonyl (C=O) groups excluding carboxylic acids is 2. The quantitative estimate of drug-likeness (QED) is 0.635. The number of alkyl halides is 1. The van der Waals surface area contributed by atoms with Gasteiger partial charge in [0.05, 0.1) is 18.5 Å². The van der Waals surface area contributed by atoms with Crippen LogP contribution in [-0.2, 0) is 21.3 Å². The Labute approximate surface area is 125 Å². The summed E-state index contributed by atoms with van der Waals surface area (Å²) >= 11 is 3.41. The number of carbonyl (C=O) groups is 2. The molecule has 5 heteroatoms. The molecule has 2 aromatic rings. The Morgan fingerprint density at radius 3 is 2.60 bits per heavy atom. The maximum absolute atomic E-state index is 11.9. The van der Waals surface area contributed by atoms with E-state index in [9.17, 15) is 9.59 Å². The van der Waals surface area contributed by atoms with Gasteiger partial charge in [0.25, 0.3) is 0 Å². The van der Waals surface area contributed by atoms with E-state index >= 15 is 0 Å². The van der Waals surface area contributed by atoms with E-state index in [2.05, 4.69) is 15.9 Å². The molecular weight excluding hydrogens is 322 g/mol. The molecule has 106 valence electrons. The van der Waals surface area contributed by atoms with E-state index in [0.717, 1.165) is 22.2 Å². The van der Waals surface area contributed by atoms with Gasteiger partial charge in [0.15, 0.2) is 0 Å². The minimum atomic E-state index is -0.277. The average Bonchev–Trinajstić information content (AvgIpc) is 2.73. The van der Waals surface area contributed by atoms with Gasteiger partial charge in [-0.2, -0.15) is 0 Å². The average molecular weight is 338 g/mol. The molecule has 0 bridgehead atoms. The molecular formula is C15H16BrNO3. The van der Waals surface area contributed by atoms with E-state index < -0.39 is 0 Å². The molecule has 1 aromatic heterocycles. The van der Waals surface area contributed by atoms with Crippen molar-refractivity contribution in [1.82, 2.24) is 4.57 Å². The van der Waals surface area contributed by atoms with Gasteiger partial charge in [0, 0.05) is 23.3 Å². The lowest BCUT2D eigenvalue weighted by molar-refractivity contribution is -0.142. The van der Waals surface area contributed by atoms with Crippen LogP contribution in [0.1, 0.15) is 29.9 Å². The van der Waals surface area contributed by atoms with Crippen LogP contribution in [0.25, 0.3) is 10.9 Å². The second kappa shape index (κ2) is 6.22. The van der Waals surface area contributed by atoms with E-state index in [4.69, 9.17) is 4.74 Å². The predicted molar refractivity (Wildman–Crippen MR) is 81.2 cm³/mol. The van der Waals surface area contributed by atoms with E-state index in [0.29, 0.717) is 11.9 Å². The maximum Gasteiger partial charge on any atom is 0.310 e. The van der Waals surface area contributed by atoms with Crippen LogP contribution in [0.5, 0.6) is 0 Å². The normalized spacial score (nSPS) is 10.8. The summed E-state index contributed by atoms with van der Waals surface area (Å²) in [5.74, 6) is -0.341. The molecule has 0 fully saturated rings. The molecule has 0 aliphatic rings. The van der Waals surface area contributed by atoms with Crippen LogP contribution in [0.2, 0.25) is 0 Å².